The van der Waals surface area contributed by atoms with Gasteiger partial charge in [0.05, 0.1) is 6.54 Å². The highest BCUT2D eigenvalue weighted by Crippen LogP contribution is 2.22. The molecule has 0 bridgehead atoms. The maximum Gasteiger partial charge on any atom is 0.319 e. The third kappa shape index (κ3) is 4.16. The molecule has 0 unspecified atom stereocenters. The number of benzene rings is 1. The second kappa shape index (κ2) is 6.53. The minimum Gasteiger partial charge on any atom is -0.374 e. The number of hydrogen-bond acceptors (Lipinski definition) is 5. The molecular formula is C14H19N5OS. The lowest BCUT2D eigenvalue weighted by atomic mass is 9.97. The lowest BCUT2D eigenvalue weighted by Crippen LogP contribution is -2.28. The van der Waals surface area contributed by atoms with Gasteiger partial charge in [-0.15, -0.1) is 10.2 Å². The summed E-state index contributed by atoms with van der Waals surface area (Å²) in [6.45, 7) is 6.64. The Hall–Kier alpha value is -2.15. The van der Waals surface area contributed by atoms with E-state index in [0.717, 1.165) is 5.69 Å². The van der Waals surface area contributed by atoms with Crippen molar-refractivity contribution in [1.29, 1.82) is 0 Å². The third-order valence-electron chi connectivity index (χ3n) is 3.04. The predicted octanol–water partition coefficient (Wildman–Crippen LogP) is 2.87. The number of anilines is 2. The van der Waals surface area contributed by atoms with Gasteiger partial charge in [0.1, 0.15) is 5.01 Å². The molecule has 1 heterocycles. The topological polar surface area (TPSA) is 92.9 Å². The second-order valence-electron chi connectivity index (χ2n) is 5.07. The molecule has 0 saturated heterocycles. The van der Waals surface area contributed by atoms with Crippen molar-refractivity contribution >= 4 is 28.2 Å². The van der Waals surface area contributed by atoms with E-state index in [-0.39, 0.29) is 6.03 Å². The molecule has 1 aromatic carbocycles. The summed E-state index contributed by atoms with van der Waals surface area (Å²) in [6.07, 6.45) is 0. The van der Waals surface area contributed by atoms with Gasteiger partial charge in [0.25, 0.3) is 0 Å². The van der Waals surface area contributed by atoms with Crippen molar-refractivity contribution in [2.24, 2.45) is 0 Å². The van der Waals surface area contributed by atoms with Gasteiger partial charge < -0.3 is 16.4 Å². The van der Waals surface area contributed by atoms with Crippen LogP contribution in [0.3, 0.4) is 0 Å². The van der Waals surface area contributed by atoms with Crippen LogP contribution in [0.1, 0.15) is 35.9 Å². The molecule has 0 aliphatic carbocycles. The maximum atomic E-state index is 11.9. The zero-order chi connectivity index (χ0) is 15.4. The predicted molar refractivity (Wildman–Crippen MR) is 85.4 cm³/mol. The molecule has 4 N–H and O–H groups in total. The summed E-state index contributed by atoms with van der Waals surface area (Å²) >= 11 is 1.26. The highest BCUT2D eigenvalue weighted by Gasteiger charge is 2.08. The SMILES string of the molecule is Cc1ccc(NC(=O)NCc2nnc(N)s2)cc1C(C)C. The number of nitrogens with one attached hydrogen (secondary N) is 2. The number of nitrogens with two attached hydrogens (primary N) is 1. The Kier molecular flexibility index (Phi) is 4.74. The lowest BCUT2D eigenvalue weighted by molar-refractivity contribution is 0.251. The van der Waals surface area contributed by atoms with Gasteiger partial charge in [-0.25, -0.2) is 4.79 Å². The summed E-state index contributed by atoms with van der Waals surface area (Å²) in [5.41, 5.74) is 8.71. The number of rotatable bonds is 4. The van der Waals surface area contributed by atoms with E-state index in [1.807, 2.05) is 18.2 Å². The minimum absolute atomic E-state index is 0.276. The van der Waals surface area contributed by atoms with Crippen molar-refractivity contribution in [3.63, 3.8) is 0 Å². The molecule has 6 nitrogen and oxygen atoms in total. The first kappa shape index (κ1) is 15.2. The number of carbonyl (C=O) groups excluding carboxylic acids is 1. The summed E-state index contributed by atoms with van der Waals surface area (Å²) in [6, 6.07) is 5.63. The van der Waals surface area contributed by atoms with Crippen LogP contribution in [0.2, 0.25) is 0 Å². The average molecular weight is 305 g/mol. The van der Waals surface area contributed by atoms with E-state index >= 15 is 0 Å². The Balaban J connectivity index is 1.95. The van der Waals surface area contributed by atoms with Crippen molar-refractivity contribution in [3.05, 3.63) is 34.3 Å². The molecule has 1 aromatic heterocycles. The van der Waals surface area contributed by atoms with Crippen molar-refractivity contribution in [2.45, 2.75) is 33.2 Å². The van der Waals surface area contributed by atoms with Gasteiger partial charge in [-0.2, -0.15) is 0 Å². The monoisotopic (exact) mass is 305 g/mol. The zero-order valence-electron chi connectivity index (χ0n) is 12.3. The molecule has 0 aliphatic heterocycles. The normalized spacial score (nSPS) is 10.7. The van der Waals surface area contributed by atoms with Crippen molar-refractivity contribution < 1.29 is 4.79 Å². The van der Waals surface area contributed by atoms with E-state index in [0.29, 0.717) is 22.6 Å². The summed E-state index contributed by atoms with van der Waals surface area (Å²) in [4.78, 5) is 11.9. The van der Waals surface area contributed by atoms with E-state index in [1.165, 1.54) is 22.5 Å². The number of carbonyl (C=O) groups is 1. The maximum absolute atomic E-state index is 11.9. The summed E-state index contributed by atoms with van der Waals surface area (Å²) in [5, 5.41) is 14.2. The molecule has 0 spiro atoms. The van der Waals surface area contributed by atoms with E-state index in [2.05, 4.69) is 41.6 Å². The number of aryl methyl sites for hydroxylation is 1. The van der Waals surface area contributed by atoms with Crippen molar-refractivity contribution in [1.82, 2.24) is 15.5 Å². The van der Waals surface area contributed by atoms with Gasteiger partial charge in [-0.3, -0.25) is 0 Å². The van der Waals surface area contributed by atoms with Gasteiger partial charge in [-0.05, 0) is 36.1 Å². The Labute approximate surface area is 127 Å². The van der Waals surface area contributed by atoms with E-state index in [1.54, 1.807) is 0 Å². The fraction of sp³-hybridized carbons (Fsp3) is 0.357. The molecule has 112 valence electrons. The fourth-order valence-corrected chi connectivity index (χ4v) is 2.56. The first-order chi connectivity index (χ1) is 9.95. The van der Waals surface area contributed by atoms with Gasteiger partial charge >= 0.3 is 6.03 Å². The molecular weight excluding hydrogens is 286 g/mol. The first-order valence-electron chi connectivity index (χ1n) is 6.69. The van der Waals surface area contributed by atoms with Crippen LogP contribution >= 0.6 is 11.3 Å². The number of aromatic nitrogens is 2. The van der Waals surface area contributed by atoms with Crippen LogP contribution in [0.15, 0.2) is 18.2 Å². The van der Waals surface area contributed by atoms with Crippen LogP contribution in [-0.2, 0) is 6.54 Å². The summed E-state index contributed by atoms with van der Waals surface area (Å²) in [7, 11) is 0. The number of nitrogen functional groups attached to an aromatic ring is 1. The van der Waals surface area contributed by atoms with Crippen LogP contribution in [0.5, 0.6) is 0 Å². The molecule has 2 rings (SSSR count). The largest absolute Gasteiger partial charge is 0.374 e. The van der Waals surface area contributed by atoms with Crippen LogP contribution in [0.25, 0.3) is 0 Å². The quantitative estimate of drug-likeness (QED) is 0.809. The number of urea groups is 1. The molecule has 0 radical (unpaired) electrons. The Bertz CT molecular complexity index is 638. The molecule has 7 heteroatoms. The number of nitrogens with zero attached hydrogens (tertiary/aromatic N) is 2. The number of amides is 2. The Morgan fingerprint density at radius 1 is 1.38 bits per heavy atom. The highest BCUT2D eigenvalue weighted by molar-refractivity contribution is 7.15. The van der Waals surface area contributed by atoms with Crippen LogP contribution in [-0.4, -0.2) is 16.2 Å². The first-order valence-corrected chi connectivity index (χ1v) is 7.50. The third-order valence-corrected chi connectivity index (χ3v) is 3.79. The fourth-order valence-electron chi connectivity index (χ4n) is 2.01. The standard InChI is InChI=1S/C14H19N5OS/c1-8(2)11-6-10(5-4-9(11)3)17-14(20)16-7-12-18-19-13(15)21-12/h4-6,8H,7H2,1-3H3,(H2,15,19)(H2,16,17,20). The van der Waals surface area contributed by atoms with E-state index < -0.39 is 0 Å². The van der Waals surface area contributed by atoms with Crippen molar-refractivity contribution in [3.8, 4) is 0 Å². The molecule has 2 aromatic rings. The average Bonchev–Trinajstić information content (AvgIpc) is 2.84. The Morgan fingerprint density at radius 3 is 2.76 bits per heavy atom. The lowest BCUT2D eigenvalue weighted by Gasteiger charge is -2.13. The van der Waals surface area contributed by atoms with E-state index in [9.17, 15) is 4.79 Å². The van der Waals surface area contributed by atoms with Crippen LogP contribution in [0.4, 0.5) is 15.6 Å². The summed E-state index contributed by atoms with van der Waals surface area (Å²) in [5.74, 6) is 0.416. The smallest absolute Gasteiger partial charge is 0.319 e. The Morgan fingerprint density at radius 2 is 2.14 bits per heavy atom. The van der Waals surface area contributed by atoms with Gasteiger partial charge in [0, 0.05) is 5.69 Å². The molecule has 0 atom stereocenters. The number of hydrogen-bond donors (Lipinski definition) is 3. The molecule has 0 fully saturated rings. The molecule has 2 amide bonds. The van der Waals surface area contributed by atoms with Gasteiger partial charge in [0.2, 0.25) is 5.13 Å². The second-order valence-corrected chi connectivity index (χ2v) is 6.16. The molecule has 0 aliphatic rings. The minimum atomic E-state index is -0.276. The molecule has 21 heavy (non-hydrogen) atoms. The van der Waals surface area contributed by atoms with Crippen molar-refractivity contribution in [2.75, 3.05) is 11.1 Å². The van der Waals surface area contributed by atoms with E-state index in [4.69, 9.17) is 5.73 Å². The van der Waals surface area contributed by atoms with Gasteiger partial charge in [-0.1, -0.05) is 31.3 Å². The van der Waals surface area contributed by atoms with Crippen LogP contribution in [0, 0.1) is 6.92 Å². The molecule has 0 saturated carbocycles. The highest BCUT2D eigenvalue weighted by atomic mass is 32.1. The zero-order valence-corrected chi connectivity index (χ0v) is 13.1. The van der Waals surface area contributed by atoms with Crippen LogP contribution < -0.4 is 16.4 Å². The summed E-state index contributed by atoms with van der Waals surface area (Å²) < 4.78 is 0. The van der Waals surface area contributed by atoms with Gasteiger partial charge in [0.15, 0.2) is 0 Å².